The normalized spacial score (nSPS) is 11.5. The summed E-state index contributed by atoms with van der Waals surface area (Å²) < 4.78 is 31.6. The topological polar surface area (TPSA) is 107 Å². The van der Waals surface area contributed by atoms with Crippen molar-refractivity contribution in [1.82, 2.24) is 20.0 Å². The lowest BCUT2D eigenvalue weighted by Gasteiger charge is -2.06. The zero-order valence-electron chi connectivity index (χ0n) is 17.2. The second kappa shape index (κ2) is 9.71. The van der Waals surface area contributed by atoms with E-state index < -0.39 is 9.84 Å². The van der Waals surface area contributed by atoms with E-state index in [0.29, 0.717) is 24.3 Å². The summed E-state index contributed by atoms with van der Waals surface area (Å²) in [6.45, 7) is 5.17. The molecule has 0 unspecified atom stereocenters. The van der Waals surface area contributed by atoms with Crippen LogP contribution in [-0.2, 0) is 22.8 Å². The van der Waals surface area contributed by atoms with Crippen molar-refractivity contribution in [3.8, 4) is 11.3 Å². The van der Waals surface area contributed by atoms with E-state index in [1.807, 2.05) is 13.1 Å². The maximum absolute atomic E-state index is 12.3. The van der Waals surface area contributed by atoms with Crippen molar-refractivity contribution in [2.24, 2.45) is 0 Å². The molecule has 160 valence electrons. The molecule has 30 heavy (non-hydrogen) atoms. The zero-order chi connectivity index (χ0) is 21.6. The largest absolute Gasteiger partial charge is 0.355 e. The molecule has 0 spiro atoms. The van der Waals surface area contributed by atoms with Crippen LogP contribution in [0.3, 0.4) is 0 Å². The van der Waals surface area contributed by atoms with Crippen molar-refractivity contribution in [3.05, 3.63) is 54.2 Å². The first kappa shape index (κ1) is 21.8. The van der Waals surface area contributed by atoms with Crippen LogP contribution in [-0.4, -0.2) is 41.3 Å². The summed E-state index contributed by atoms with van der Waals surface area (Å²) in [6.07, 6.45) is 5.91. The van der Waals surface area contributed by atoms with Gasteiger partial charge < -0.3 is 14.4 Å². The number of nitrogens with one attached hydrogen (secondary N) is 1. The molecular weight excluding hydrogens is 404 g/mol. The highest BCUT2D eigenvalue weighted by atomic mass is 32.2. The first-order valence-electron chi connectivity index (χ1n) is 10.0. The minimum absolute atomic E-state index is 0.111. The van der Waals surface area contributed by atoms with Gasteiger partial charge in [0.25, 0.3) is 5.91 Å². The number of carbonyl (C=O) groups is 1. The minimum atomic E-state index is -3.27. The first-order valence-corrected chi connectivity index (χ1v) is 11.7. The molecule has 9 heteroatoms. The van der Waals surface area contributed by atoms with Gasteiger partial charge in [0, 0.05) is 43.5 Å². The quantitative estimate of drug-likeness (QED) is 0.495. The second-order valence-electron chi connectivity index (χ2n) is 6.92. The lowest BCUT2D eigenvalue weighted by molar-refractivity contribution is 0.0943. The minimum Gasteiger partial charge on any atom is -0.355 e. The van der Waals surface area contributed by atoms with E-state index in [2.05, 4.69) is 26.9 Å². The van der Waals surface area contributed by atoms with E-state index in [1.54, 1.807) is 36.5 Å². The van der Waals surface area contributed by atoms with Crippen molar-refractivity contribution in [3.63, 3.8) is 0 Å². The molecule has 3 aromatic rings. The van der Waals surface area contributed by atoms with Crippen LogP contribution in [0.4, 0.5) is 0 Å². The molecule has 1 N–H and O–H groups in total. The summed E-state index contributed by atoms with van der Waals surface area (Å²) in [4.78, 5) is 16.8. The van der Waals surface area contributed by atoms with Crippen molar-refractivity contribution in [2.45, 2.75) is 44.6 Å². The number of amides is 1. The third kappa shape index (κ3) is 5.15. The Bertz CT molecular complexity index is 1080. The third-order valence-corrected chi connectivity index (χ3v) is 6.63. The van der Waals surface area contributed by atoms with Gasteiger partial charge in [-0.2, -0.15) is 0 Å². The molecular formula is C21H26N4O4S. The number of benzene rings is 1. The van der Waals surface area contributed by atoms with Crippen LogP contribution in [0.1, 0.15) is 43.0 Å². The van der Waals surface area contributed by atoms with Gasteiger partial charge in [0.1, 0.15) is 5.82 Å². The third-order valence-electron chi connectivity index (χ3n) is 4.69. The molecule has 0 bridgehead atoms. The van der Waals surface area contributed by atoms with Gasteiger partial charge in [0.15, 0.2) is 21.3 Å². The van der Waals surface area contributed by atoms with Crippen molar-refractivity contribution < 1.29 is 17.7 Å². The van der Waals surface area contributed by atoms with Gasteiger partial charge >= 0.3 is 0 Å². The predicted octanol–water partition coefficient (Wildman–Crippen LogP) is 3.10. The van der Waals surface area contributed by atoms with Gasteiger partial charge in [-0.1, -0.05) is 19.0 Å². The van der Waals surface area contributed by atoms with Crippen molar-refractivity contribution >= 4 is 15.7 Å². The highest BCUT2D eigenvalue weighted by Crippen LogP contribution is 2.23. The van der Waals surface area contributed by atoms with Crippen LogP contribution in [0.15, 0.2) is 52.1 Å². The number of hydrogen-bond acceptors (Lipinski definition) is 6. The Hall–Kier alpha value is -2.94. The summed E-state index contributed by atoms with van der Waals surface area (Å²) in [6, 6.07) is 7.95. The van der Waals surface area contributed by atoms with Gasteiger partial charge in [0.2, 0.25) is 0 Å². The summed E-state index contributed by atoms with van der Waals surface area (Å²) >= 11 is 0. The Morgan fingerprint density at radius 1 is 1.20 bits per heavy atom. The maximum Gasteiger partial charge on any atom is 0.273 e. The maximum atomic E-state index is 12.3. The molecule has 0 atom stereocenters. The summed E-state index contributed by atoms with van der Waals surface area (Å²) in [5.74, 6) is 1.23. The molecule has 8 nitrogen and oxygen atoms in total. The summed E-state index contributed by atoms with van der Waals surface area (Å²) in [7, 11) is -3.27. The van der Waals surface area contributed by atoms with E-state index >= 15 is 0 Å². The molecule has 0 aliphatic rings. The first-order chi connectivity index (χ1) is 14.4. The van der Waals surface area contributed by atoms with E-state index in [-0.39, 0.29) is 22.2 Å². The number of imidazole rings is 1. The average molecular weight is 431 g/mol. The molecule has 2 aromatic heterocycles. The Kier molecular flexibility index (Phi) is 7.04. The highest BCUT2D eigenvalue weighted by molar-refractivity contribution is 7.91. The molecule has 3 rings (SSSR count). The van der Waals surface area contributed by atoms with E-state index in [9.17, 15) is 13.2 Å². The van der Waals surface area contributed by atoms with Gasteiger partial charge in [-0.25, -0.2) is 13.4 Å². The Balaban J connectivity index is 1.55. The van der Waals surface area contributed by atoms with Crippen LogP contribution in [0.25, 0.3) is 11.3 Å². The van der Waals surface area contributed by atoms with Crippen LogP contribution in [0.5, 0.6) is 0 Å². The van der Waals surface area contributed by atoms with Crippen LogP contribution >= 0.6 is 0 Å². The van der Waals surface area contributed by atoms with Crippen LogP contribution in [0.2, 0.25) is 0 Å². The second-order valence-corrected chi connectivity index (χ2v) is 9.03. The number of aryl methyl sites for hydroxylation is 2. The fourth-order valence-corrected chi connectivity index (χ4v) is 4.46. The van der Waals surface area contributed by atoms with E-state index in [4.69, 9.17) is 4.52 Å². The van der Waals surface area contributed by atoms with Crippen LogP contribution in [0, 0.1) is 0 Å². The standard InChI is InChI=1S/C21H26N4O4S/c1-3-14-30(27,28)17-8-6-16(7-9-17)19-15-18(24-29-19)21(26)23-10-5-12-25-13-11-22-20(25)4-2/h6-9,11,13,15H,3-5,10,12,14H2,1-2H3,(H,23,26). The van der Waals surface area contributed by atoms with Gasteiger partial charge in [-0.05, 0) is 37.1 Å². The lowest BCUT2D eigenvalue weighted by Crippen LogP contribution is -2.25. The molecule has 2 heterocycles. The smallest absolute Gasteiger partial charge is 0.273 e. The lowest BCUT2D eigenvalue weighted by atomic mass is 10.1. The molecule has 1 aromatic carbocycles. The number of hydrogen-bond donors (Lipinski definition) is 1. The fourth-order valence-electron chi connectivity index (χ4n) is 3.13. The summed E-state index contributed by atoms with van der Waals surface area (Å²) in [5.41, 5.74) is 0.841. The Morgan fingerprint density at radius 3 is 2.67 bits per heavy atom. The molecule has 0 fully saturated rings. The van der Waals surface area contributed by atoms with E-state index in [0.717, 1.165) is 25.2 Å². The number of carbonyl (C=O) groups excluding carboxylic acids is 1. The summed E-state index contributed by atoms with van der Waals surface area (Å²) in [5, 5.41) is 6.66. The number of sulfone groups is 1. The molecule has 0 saturated heterocycles. The van der Waals surface area contributed by atoms with Crippen molar-refractivity contribution in [2.75, 3.05) is 12.3 Å². The average Bonchev–Trinajstić information content (AvgIpc) is 3.40. The van der Waals surface area contributed by atoms with Crippen molar-refractivity contribution in [1.29, 1.82) is 0 Å². The predicted molar refractivity (Wildman–Crippen MR) is 113 cm³/mol. The highest BCUT2D eigenvalue weighted by Gasteiger charge is 2.16. The number of aromatic nitrogens is 3. The number of nitrogens with zero attached hydrogens (tertiary/aromatic N) is 3. The SMILES string of the molecule is CCCS(=O)(=O)c1ccc(-c2cc(C(=O)NCCCn3ccnc3CC)no2)cc1. The Labute approximate surface area is 176 Å². The fraction of sp³-hybridized carbons (Fsp3) is 0.381. The van der Waals surface area contributed by atoms with E-state index in [1.165, 1.54) is 0 Å². The van der Waals surface area contributed by atoms with Gasteiger partial charge in [-0.3, -0.25) is 4.79 Å². The molecule has 0 radical (unpaired) electrons. The van der Waals surface area contributed by atoms with Gasteiger partial charge in [-0.15, -0.1) is 0 Å². The molecule has 0 aliphatic carbocycles. The number of rotatable bonds is 10. The monoisotopic (exact) mass is 430 g/mol. The Morgan fingerprint density at radius 2 is 1.97 bits per heavy atom. The zero-order valence-corrected chi connectivity index (χ0v) is 18.0. The molecule has 1 amide bonds. The molecule has 0 aliphatic heterocycles. The van der Waals surface area contributed by atoms with Gasteiger partial charge in [0.05, 0.1) is 10.6 Å². The van der Waals surface area contributed by atoms with Crippen LogP contribution < -0.4 is 5.32 Å². The molecule has 0 saturated carbocycles.